The molecule has 0 amide bonds. The Morgan fingerprint density at radius 2 is 2.15 bits per heavy atom. The number of methoxy groups -OCH3 is 1. The van der Waals surface area contributed by atoms with Crippen molar-refractivity contribution in [1.29, 1.82) is 0 Å². The number of carbonyl (C=O) groups is 1. The van der Waals surface area contributed by atoms with Crippen molar-refractivity contribution < 1.29 is 19.1 Å². The number of ether oxygens (including phenoxy) is 1. The number of fused-ring (bicyclic) bond motifs is 1. The molecule has 20 heavy (non-hydrogen) atoms. The smallest absolute Gasteiger partial charge is 0.152 e. The van der Waals surface area contributed by atoms with E-state index in [4.69, 9.17) is 9.15 Å². The van der Waals surface area contributed by atoms with Gasteiger partial charge in [0.25, 0.3) is 0 Å². The van der Waals surface area contributed by atoms with E-state index in [2.05, 4.69) is 4.98 Å². The Hall–Kier alpha value is -2.82. The number of nitrogens with zero attached hydrogens (tertiary/aromatic N) is 1. The van der Waals surface area contributed by atoms with Crippen molar-refractivity contribution in [1.82, 2.24) is 4.98 Å². The fourth-order valence-corrected chi connectivity index (χ4v) is 2.05. The van der Waals surface area contributed by atoms with Gasteiger partial charge in [0.05, 0.1) is 24.9 Å². The van der Waals surface area contributed by atoms with Gasteiger partial charge in [-0.2, -0.15) is 0 Å². The maximum absolute atomic E-state index is 11.3. The molecule has 0 fully saturated rings. The lowest BCUT2D eigenvalue weighted by atomic mass is 10.1. The number of carboxylic acids is 1. The fraction of sp³-hybridized carbons (Fsp3) is 0.0667. The average molecular weight is 268 g/mol. The first-order chi connectivity index (χ1) is 9.69. The summed E-state index contributed by atoms with van der Waals surface area (Å²) in [6.45, 7) is 0. The third-order valence-corrected chi connectivity index (χ3v) is 3.01. The second-order valence-corrected chi connectivity index (χ2v) is 4.20. The molecule has 0 bridgehead atoms. The van der Waals surface area contributed by atoms with Crippen molar-refractivity contribution in [3.63, 3.8) is 0 Å². The molecule has 0 unspecified atom stereocenters. The first-order valence-corrected chi connectivity index (χ1v) is 5.93. The monoisotopic (exact) mass is 268 g/mol. The Balaban J connectivity index is 2.31. The number of carbonyl (C=O) groups excluding carboxylic acids is 1. The minimum atomic E-state index is -1.25. The van der Waals surface area contributed by atoms with Crippen LogP contribution in [0.15, 0.2) is 47.1 Å². The van der Waals surface area contributed by atoms with Gasteiger partial charge in [-0.25, -0.2) is 4.98 Å². The molecule has 2 heterocycles. The first kappa shape index (κ1) is 12.2. The highest BCUT2D eigenvalue weighted by Gasteiger charge is 2.10. The molecule has 0 atom stereocenters. The Morgan fingerprint density at radius 3 is 2.80 bits per heavy atom. The molecule has 100 valence electrons. The Bertz CT molecular complexity index is 778. The number of hydrogen-bond donors (Lipinski definition) is 0. The second-order valence-electron chi connectivity index (χ2n) is 4.20. The molecule has 0 spiro atoms. The number of furan rings is 1. The zero-order valence-corrected chi connectivity index (χ0v) is 10.6. The quantitative estimate of drug-likeness (QED) is 0.724. The molecule has 0 N–H and O–H groups in total. The standard InChI is InChI=1S/C15H11NO4/c1-19-9-4-5-10-11(15(17)18)8-13(16-12(10)7-9)14-3-2-6-20-14/h2-8H,1H3,(H,17,18)/p-1. The van der Waals surface area contributed by atoms with E-state index in [-0.39, 0.29) is 5.56 Å². The van der Waals surface area contributed by atoms with Gasteiger partial charge in [0.1, 0.15) is 11.4 Å². The van der Waals surface area contributed by atoms with E-state index in [1.807, 2.05) is 0 Å². The van der Waals surface area contributed by atoms with Crippen LogP contribution in [0.4, 0.5) is 0 Å². The third-order valence-electron chi connectivity index (χ3n) is 3.01. The van der Waals surface area contributed by atoms with E-state index in [1.54, 1.807) is 30.3 Å². The Labute approximate surface area is 114 Å². The van der Waals surface area contributed by atoms with Crippen molar-refractivity contribution >= 4 is 16.9 Å². The molecule has 1 aromatic carbocycles. The molecule has 0 aliphatic heterocycles. The number of pyridine rings is 1. The van der Waals surface area contributed by atoms with Gasteiger partial charge in [0, 0.05) is 17.0 Å². The number of aromatic carboxylic acids is 1. The summed E-state index contributed by atoms with van der Waals surface area (Å²) in [4.78, 5) is 15.7. The predicted octanol–water partition coefficient (Wildman–Crippen LogP) is 1.87. The minimum absolute atomic E-state index is 0.0732. The summed E-state index contributed by atoms with van der Waals surface area (Å²) in [6, 6.07) is 9.89. The van der Waals surface area contributed by atoms with Gasteiger partial charge in [0.15, 0.2) is 5.76 Å². The molecule has 0 saturated heterocycles. The van der Waals surface area contributed by atoms with E-state index in [0.717, 1.165) is 0 Å². The molecular formula is C15H10NO4-. The van der Waals surface area contributed by atoms with Crippen LogP contribution < -0.4 is 9.84 Å². The summed E-state index contributed by atoms with van der Waals surface area (Å²) >= 11 is 0. The van der Waals surface area contributed by atoms with Crippen molar-refractivity contribution in [3.8, 4) is 17.2 Å². The number of carboxylic acid groups (broad SMARTS) is 1. The third kappa shape index (κ3) is 1.99. The summed E-state index contributed by atoms with van der Waals surface area (Å²) in [7, 11) is 1.54. The van der Waals surface area contributed by atoms with Crippen LogP contribution in [0, 0.1) is 0 Å². The van der Waals surface area contributed by atoms with Crippen molar-refractivity contribution in [2.24, 2.45) is 0 Å². The normalized spacial score (nSPS) is 10.7. The summed E-state index contributed by atoms with van der Waals surface area (Å²) in [5, 5.41) is 11.8. The van der Waals surface area contributed by atoms with Crippen LogP contribution in [0.5, 0.6) is 5.75 Å². The molecule has 5 heteroatoms. The van der Waals surface area contributed by atoms with Crippen LogP contribution in [0.25, 0.3) is 22.4 Å². The largest absolute Gasteiger partial charge is 0.545 e. The molecule has 3 aromatic rings. The highest BCUT2D eigenvalue weighted by atomic mass is 16.5. The van der Waals surface area contributed by atoms with Gasteiger partial charge in [-0.3, -0.25) is 0 Å². The van der Waals surface area contributed by atoms with E-state index >= 15 is 0 Å². The topological polar surface area (TPSA) is 75.4 Å². The van der Waals surface area contributed by atoms with Crippen LogP contribution in [-0.4, -0.2) is 18.1 Å². The van der Waals surface area contributed by atoms with E-state index < -0.39 is 5.97 Å². The van der Waals surface area contributed by atoms with Gasteiger partial charge < -0.3 is 19.1 Å². The molecule has 2 aromatic heterocycles. The van der Waals surface area contributed by atoms with Crippen molar-refractivity contribution in [2.45, 2.75) is 0 Å². The molecule has 5 nitrogen and oxygen atoms in total. The number of aromatic nitrogens is 1. The van der Waals surface area contributed by atoms with Crippen LogP contribution >= 0.6 is 0 Å². The summed E-state index contributed by atoms with van der Waals surface area (Å²) in [5.74, 6) is -0.154. The SMILES string of the molecule is COc1ccc2c(C(=O)[O-])cc(-c3ccco3)nc2c1. The Morgan fingerprint density at radius 1 is 1.30 bits per heavy atom. The van der Waals surface area contributed by atoms with E-state index in [0.29, 0.717) is 28.1 Å². The van der Waals surface area contributed by atoms with Gasteiger partial charge in [0.2, 0.25) is 0 Å². The maximum atomic E-state index is 11.3. The van der Waals surface area contributed by atoms with Crippen LogP contribution in [0.2, 0.25) is 0 Å². The van der Waals surface area contributed by atoms with Gasteiger partial charge in [-0.05, 0) is 30.3 Å². The van der Waals surface area contributed by atoms with Crippen LogP contribution in [-0.2, 0) is 0 Å². The lowest BCUT2D eigenvalue weighted by Gasteiger charge is -2.10. The molecule has 3 rings (SSSR count). The Kier molecular flexibility index (Phi) is 2.87. The summed E-state index contributed by atoms with van der Waals surface area (Å²) in [6.07, 6.45) is 1.51. The predicted molar refractivity (Wildman–Crippen MR) is 70.3 cm³/mol. The zero-order chi connectivity index (χ0) is 14.1. The molecule has 0 saturated carbocycles. The van der Waals surface area contributed by atoms with Gasteiger partial charge in [-0.15, -0.1) is 0 Å². The molecular weight excluding hydrogens is 258 g/mol. The average Bonchev–Trinajstić information content (AvgIpc) is 2.99. The maximum Gasteiger partial charge on any atom is 0.152 e. The first-order valence-electron chi connectivity index (χ1n) is 5.93. The van der Waals surface area contributed by atoms with Crippen LogP contribution in [0.1, 0.15) is 10.4 Å². The number of rotatable bonds is 3. The zero-order valence-electron chi connectivity index (χ0n) is 10.6. The summed E-state index contributed by atoms with van der Waals surface area (Å²) < 4.78 is 10.4. The van der Waals surface area contributed by atoms with Gasteiger partial charge in [-0.1, -0.05) is 0 Å². The van der Waals surface area contributed by atoms with E-state index in [9.17, 15) is 9.90 Å². The van der Waals surface area contributed by atoms with Crippen LogP contribution in [0.3, 0.4) is 0 Å². The second kappa shape index (κ2) is 4.70. The van der Waals surface area contributed by atoms with Crippen molar-refractivity contribution in [2.75, 3.05) is 7.11 Å². The fourth-order valence-electron chi connectivity index (χ4n) is 2.05. The lowest BCUT2D eigenvalue weighted by Crippen LogP contribution is -2.22. The number of hydrogen-bond acceptors (Lipinski definition) is 5. The minimum Gasteiger partial charge on any atom is -0.545 e. The van der Waals surface area contributed by atoms with E-state index in [1.165, 1.54) is 19.4 Å². The molecule has 0 radical (unpaired) electrons. The molecule has 0 aliphatic rings. The number of benzene rings is 1. The molecule has 0 aliphatic carbocycles. The van der Waals surface area contributed by atoms with Crippen molar-refractivity contribution in [3.05, 3.63) is 48.2 Å². The highest BCUT2D eigenvalue weighted by Crippen LogP contribution is 2.27. The summed E-state index contributed by atoms with van der Waals surface area (Å²) in [5.41, 5.74) is 1.02. The van der Waals surface area contributed by atoms with Gasteiger partial charge >= 0.3 is 0 Å². The lowest BCUT2D eigenvalue weighted by molar-refractivity contribution is -0.254. The highest BCUT2D eigenvalue weighted by molar-refractivity contribution is 6.03.